The van der Waals surface area contributed by atoms with Crippen molar-refractivity contribution in [3.05, 3.63) is 34.9 Å². The molecule has 5 nitrogen and oxygen atoms in total. The van der Waals surface area contributed by atoms with E-state index in [1.807, 2.05) is 24.3 Å². The van der Waals surface area contributed by atoms with Crippen LogP contribution in [0.3, 0.4) is 0 Å². The van der Waals surface area contributed by atoms with E-state index in [0.717, 1.165) is 12.0 Å². The monoisotopic (exact) mass is 337 g/mol. The van der Waals surface area contributed by atoms with Crippen LogP contribution in [0.15, 0.2) is 24.3 Å². The number of rotatable bonds is 5. The van der Waals surface area contributed by atoms with Crippen LogP contribution in [0.25, 0.3) is 0 Å². The Kier molecular flexibility index (Phi) is 4.60. The van der Waals surface area contributed by atoms with Crippen LogP contribution in [0, 0.1) is 11.3 Å². The second kappa shape index (κ2) is 6.49. The van der Waals surface area contributed by atoms with E-state index in [1.54, 1.807) is 0 Å². The molecule has 124 valence electrons. The number of aliphatic carboxylic acids is 1. The lowest BCUT2D eigenvalue weighted by atomic mass is 9.80. The summed E-state index contributed by atoms with van der Waals surface area (Å²) in [6, 6.07) is 7.55. The summed E-state index contributed by atoms with van der Waals surface area (Å²) in [6.45, 7) is 1.02. The van der Waals surface area contributed by atoms with Gasteiger partial charge in [0.1, 0.15) is 0 Å². The third-order valence-electron chi connectivity index (χ3n) is 4.91. The van der Waals surface area contributed by atoms with Gasteiger partial charge < -0.3 is 15.2 Å². The highest BCUT2D eigenvalue weighted by Crippen LogP contribution is 2.48. The summed E-state index contributed by atoms with van der Waals surface area (Å²) in [6.07, 6.45) is 1.66. The Morgan fingerprint density at radius 1 is 1.35 bits per heavy atom. The van der Waals surface area contributed by atoms with E-state index in [2.05, 4.69) is 5.32 Å². The first kappa shape index (κ1) is 16.3. The van der Waals surface area contributed by atoms with Crippen molar-refractivity contribution < 1.29 is 19.4 Å². The lowest BCUT2D eigenvalue weighted by Gasteiger charge is -2.33. The lowest BCUT2D eigenvalue weighted by Crippen LogP contribution is -2.46. The molecule has 2 atom stereocenters. The van der Waals surface area contributed by atoms with Crippen LogP contribution in [0.5, 0.6) is 0 Å². The molecular formula is C17H20ClNO4. The Balaban J connectivity index is 1.57. The molecule has 0 spiro atoms. The van der Waals surface area contributed by atoms with Crippen molar-refractivity contribution in [2.24, 2.45) is 11.3 Å². The summed E-state index contributed by atoms with van der Waals surface area (Å²) in [5.74, 6) is -0.825. The van der Waals surface area contributed by atoms with Gasteiger partial charge in [-0.2, -0.15) is 0 Å². The van der Waals surface area contributed by atoms with Crippen molar-refractivity contribution in [1.29, 1.82) is 0 Å². The van der Waals surface area contributed by atoms with E-state index in [0.29, 0.717) is 31.1 Å². The number of carboxylic acids is 1. The second-order valence-corrected chi connectivity index (χ2v) is 6.86. The Bertz CT molecular complexity index is 612. The van der Waals surface area contributed by atoms with Crippen LogP contribution in [-0.2, 0) is 14.3 Å². The maximum Gasteiger partial charge on any atom is 0.311 e. The van der Waals surface area contributed by atoms with E-state index >= 15 is 0 Å². The molecule has 1 saturated carbocycles. The number of benzene rings is 1. The zero-order valence-electron chi connectivity index (χ0n) is 12.8. The molecular weight excluding hydrogens is 318 g/mol. The minimum absolute atomic E-state index is 0.0675. The van der Waals surface area contributed by atoms with Crippen molar-refractivity contribution in [1.82, 2.24) is 5.32 Å². The summed E-state index contributed by atoms with van der Waals surface area (Å²) in [5, 5.41) is 13.0. The Morgan fingerprint density at radius 3 is 2.74 bits per heavy atom. The molecule has 2 aliphatic rings. The van der Waals surface area contributed by atoms with Crippen LogP contribution in [-0.4, -0.2) is 36.7 Å². The molecule has 0 bridgehead atoms. The number of hydrogen-bond acceptors (Lipinski definition) is 3. The normalized spacial score (nSPS) is 25.6. The molecule has 3 rings (SSSR count). The third-order valence-corrected chi connectivity index (χ3v) is 5.14. The molecule has 2 fully saturated rings. The standard InChI is InChI=1S/C17H20ClNO4/c18-12-3-1-2-11(8-12)13-9-14(13)15(20)19-10-17(16(21)22)4-6-23-7-5-17/h1-3,8,13-14H,4-7,9-10H2,(H,19,20)(H,21,22). The van der Waals surface area contributed by atoms with Crippen LogP contribution in [0.4, 0.5) is 0 Å². The molecule has 1 amide bonds. The number of carbonyl (C=O) groups is 2. The fourth-order valence-corrected chi connectivity index (χ4v) is 3.40. The molecule has 1 saturated heterocycles. The second-order valence-electron chi connectivity index (χ2n) is 6.42. The van der Waals surface area contributed by atoms with Gasteiger partial charge in [-0.1, -0.05) is 23.7 Å². The number of nitrogens with one attached hydrogen (secondary N) is 1. The molecule has 1 aliphatic heterocycles. The number of halogens is 1. The van der Waals surface area contributed by atoms with Gasteiger partial charge in [-0.25, -0.2) is 0 Å². The van der Waals surface area contributed by atoms with E-state index in [-0.39, 0.29) is 24.3 Å². The quantitative estimate of drug-likeness (QED) is 0.865. The largest absolute Gasteiger partial charge is 0.481 e. The summed E-state index contributed by atoms with van der Waals surface area (Å²) in [7, 11) is 0. The first-order valence-electron chi connectivity index (χ1n) is 7.86. The Hall–Kier alpha value is -1.59. The van der Waals surface area contributed by atoms with Gasteiger partial charge in [0.25, 0.3) is 0 Å². The van der Waals surface area contributed by atoms with Gasteiger partial charge in [0, 0.05) is 30.7 Å². The topological polar surface area (TPSA) is 75.6 Å². The predicted molar refractivity (Wildman–Crippen MR) is 85.4 cm³/mol. The van der Waals surface area contributed by atoms with Crippen molar-refractivity contribution in [2.75, 3.05) is 19.8 Å². The molecule has 1 aromatic carbocycles. The summed E-state index contributed by atoms with van der Waals surface area (Å²) >= 11 is 5.98. The SMILES string of the molecule is O=C(NCC1(C(=O)O)CCOCC1)C1CC1c1cccc(Cl)c1. The highest BCUT2D eigenvalue weighted by atomic mass is 35.5. The van der Waals surface area contributed by atoms with E-state index in [1.165, 1.54) is 0 Å². The number of hydrogen-bond donors (Lipinski definition) is 2. The minimum atomic E-state index is -0.894. The van der Waals surface area contributed by atoms with Crippen LogP contribution in [0.2, 0.25) is 5.02 Å². The van der Waals surface area contributed by atoms with E-state index in [4.69, 9.17) is 16.3 Å². The van der Waals surface area contributed by atoms with Crippen LogP contribution < -0.4 is 5.32 Å². The fourth-order valence-electron chi connectivity index (χ4n) is 3.21. The average molecular weight is 338 g/mol. The van der Waals surface area contributed by atoms with E-state index < -0.39 is 11.4 Å². The van der Waals surface area contributed by atoms with Gasteiger partial charge in [0.15, 0.2) is 0 Å². The zero-order chi connectivity index (χ0) is 16.4. The third kappa shape index (κ3) is 3.51. The van der Waals surface area contributed by atoms with Gasteiger partial charge in [0.2, 0.25) is 5.91 Å². The fraction of sp³-hybridized carbons (Fsp3) is 0.529. The molecule has 1 aliphatic carbocycles. The number of ether oxygens (including phenoxy) is 1. The highest BCUT2D eigenvalue weighted by molar-refractivity contribution is 6.30. The maximum absolute atomic E-state index is 12.3. The lowest BCUT2D eigenvalue weighted by molar-refractivity contribution is -0.154. The predicted octanol–water partition coefficient (Wildman–Crippen LogP) is 2.44. The van der Waals surface area contributed by atoms with Gasteiger partial charge in [-0.15, -0.1) is 0 Å². The van der Waals surface area contributed by atoms with Gasteiger partial charge in [-0.3, -0.25) is 9.59 Å². The number of carboxylic acid groups (broad SMARTS) is 1. The Morgan fingerprint density at radius 2 is 2.09 bits per heavy atom. The zero-order valence-corrected chi connectivity index (χ0v) is 13.5. The Labute approximate surface area is 140 Å². The molecule has 1 aromatic rings. The van der Waals surface area contributed by atoms with Gasteiger partial charge in [-0.05, 0) is 42.9 Å². The molecule has 1 heterocycles. The van der Waals surface area contributed by atoms with Crippen LogP contribution >= 0.6 is 11.6 Å². The summed E-state index contributed by atoms with van der Waals surface area (Å²) in [4.78, 5) is 23.9. The van der Waals surface area contributed by atoms with Gasteiger partial charge in [0.05, 0.1) is 5.41 Å². The first-order valence-corrected chi connectivity index (χ1v) is 8.24. The van der Waals surface area contributed by atoms with Gasteiger partial charge >= 0.3 is 5.97 Å². The van der Waals surface area contributed by atoms with Crippen LogP contribution in [0.1, 0.15) is 30.7 Å². The smallest absolute Gasteiger partial charge is 0.311 e. The molecule has 6 heteroatoms. The van der Waals surface area contributed by atoms with Crippen molar-refractivity contribution in [3.8, 4) is 0 Å². The first-order chi connectivity index (χ1) is 11.0. The molecule has 0 aromatic heterocycles. The summed E-state index contributed by atoms with van der Waals surface area (Å²) < 4.78 is 5.24. The van der Waals surface area contributed by atoms with E-state index in [9.17, 15) is 14.7 Å². The number of amides is 1. The molecule has 2 N–H and O–H groups in total. The average Bonchev–Trinajstić information content (AvgIpc) is 3.34. The molecule has 2 unspecified atom stereocenters. The maximum atomic E-state index is 12.3. The minimum Gasteiger partial charge on any atom is -0.481 e. The number of carbonyl (C=O) groups excluding carboxylic acids is 1. The molecule has 23 heavy (non-hydrogen) atoms. The highest BCUT2D eigenvalue weighted by Gasteiger charge is 2.46. The van der Waals surface area contributed by atoms with Crippen molar-refractivity contribution in [3.63, 3.8) is 0 Å². The van der Waals surface area contributed by atoms with Crippen molar-refractivity contribution in [2.45, 2.75) is 25.2 Å². The van der Waals surface area contributed by atoms with Crippen molar-refractivity contribution >= 4 is 23.5 Å². The summed E-state index contributed by atoms with van der Waals surface area (Å²) in [5.41, 5.74) is 0.172. The molecule has 0 radical (unpaired) electrons.